The molecule has 29 heavy (non-hydrogen) atoms. The van der Waals surface area contributed by atoms with E-state index in [4.69, 9.17) is 0 Å². The molecular weight excluding hydrogens is 371 g/mol. The topological polar surface area (TPSA) is 55.9 Å². The summed E-state index contributed by atoms with van der Waals surface area (Å²) in [6.45, 7) is 4.43. The molecule has 0 atom stereocenters. The van der Waals surface area contributed by atoms with E-state index in [1.807, 2.05) is 23.1 Å². The van der Waals surface area contributed by atoms with Crippen LogP contribution in [0.25, 0.3) is 0 Å². The standard InChI is InChI=1S/C22H25FN4O2/c23-18-5-7-19(8-6-18)24-21(28)15-25-11-13-26(14-12-25)16-22(29)27-10-9-17-3-1-2-4-20(17)27/h1-8H,9-16H2,(H,24,28). The van der Waals surface area contributed by atoms with Crippen molar-refractivity contribution >= 4 is 23.2 Å². The molecule has 0 saturated carbocycles. The first-order chi connectivity index (χ1) is 14.1. The van der Waals surface area contributed by atoms with Crippen molar-refractivity contribution in [1.29, 1.82) is 0 Å². The van der Waals surface area contributed by atoms with Gasteiger partial charge in [0.2, 0.25) is 11.8 Å². The number of halogens is 1. The number of nitrogens with zero attached hydrogens (tertiary/aromatic N) is 3. The van der Waals surface area contributed by atoms with Crippen molar-refractivity contribution in [2.45, 2.75) is 6.42 Å². The van der Waals surface area contributed by atoms with Gasteiger partial charge in [-0.1, -0.05) is 18.2 Å². The Kier molecular flexibility index (Phi) is 5.87. The molecule has 4 rings (SSSR count). The molecule has 2 aliphatic heterocycles. The third kappa shape index (κ3) is 4.81. The van der Waals surface area contributed by atoms with Crippen molar-refractivity contribution in [2.24, 2.45) is 0 Å². The number of benzene rings is 2. The summed E-state index contributed by atoms with van der Waals surface area (Å²) in [6, 6.07) is 13.8. The highest BCUT2D eigenvalue weighted by atomic mass is 19.1. The van der Waals surface area contributed by atoms with Crippen molar-refractivity contribution in [2.75, 3.05) is 56.0 Å². The van der Waals surface area contributed by atoms with Crippen molar-refractivity contribution in [3.8, 4) is 0 Å². The number of nitrogens with one attached hydrogen (secondary N) is 1. The lowest BCUT2D eigenvalue weighted by Gasteiger charge is -2.34. The molecule has 0 radical (unpaired) electrons. The van der Waals surface area contributed by atoms with Crippen LogP contribution in [-0.4, -0.2) is 67.4 Å². The van der Waals surface area contributed by atoms with E-state index in [1.165, 1.54) is 17.7 Å². The predicted molar refractivity (Wildman–Crippen MR) is 110 cm³/mol. The van der Waals surface area contributed by atoms with Crippen LogP contribution in [0.15, 0.2) is 48.5 Å². The minimum atomic E-state index is -0.328. The fraction of sp³-hybridized carbons (Fsp3) is 0.364. The summed E-state index contributed by atoms with van der Waals surface area (Å²) in [5, 5.41) is 2.78. The zero-order chi connectivity index (χ0) is 20.2. The number of hydrogen-bond acceptors (Lipinski definition) is 4. The molecule has 2 aliphatic rings. The molecule has 2 amide bonds. The smallest absolute Gasteiger partial charge is 0.241 e. The second kappa shape index (κ2) is 8.71. The molecule has 6 nitrogen and oxygen atoms in total. The molecule has 0 bridgehead atoms. The third-order valence-corrected chi connectivity index (χ3v) is 5.51. The highest BCUT2D eigenvalue weighted by molar-refractivity contribution is 5.96. The Morgan fingerprint density at radius 2 is 1.52 bits per heavy atom. The number of carbonyl (C=O) groups is 2. The van der Waals surface area contributed by atoms with Crippen LogP contribution in [0, 0.1) is 5.82 Å². The van der Waals surface area contributed by atoms with E-state index >= 15 is 0 Å². The van der Waals surface area contributed by atoms with Gasteiger partial charge >= 0.3 is 0 Å². The second-order valence-corrected chi connectivity index (χ2v) is 7.53. The maximum absolute atomic E-state index is 12.9. The van der Waals surface area contributed by atoms with Gasteiger partial charge < -0.3 is 10.2 Å². The molecule has 0 unspecified atom stereocenters. The summed E-state index contributed by atoms with van der Waals surface area (Å²) in [5.41, 5.74) is 2.86. The zero-order valence-electron chi connectivity index (χ0n) is 16.3. The van der Waals surface area contributed by atoms with Gasteiger partial charge in [0, 0.05) is 44.1 Å². The average molecular weight is 396 g/mol. The van der Waals surface area contributed by atoms with Crippen molar-refractivity contribution in [3.05, 3.63) is 59.9 Å². The van der Waals surface area contributed by atoms with Gasteiger partial charge in [-0.3, -0.25) is 19.4 Å². The summed E-state index contributed by atoms with van der Waals surface area (Å²) in [7, 11) is 0. The minimum Gasteiger partial charge on any atom is -0.325 e. The monoisotopic (exact) mass is 396 g/mol. The summed E-state index contributed by atoms with van der Waals surface area (Å²) in [6.07, 6.45) is 0.916. The van der Waals surface area contributed by atoms with Crippen LogP contribution < -0.4 is 10.2 Å². The largest absolute Gasteiger partial charge is 0.325 e. The Bertz CT molecular complexity index is 879. The molecule has 1 saturated heterocycles. The lowest BCUT2D eigenvalue weighted by atomic mass is 10.2. The molecule has 2 heterocycles. The van der Waals surface area contributed by atoms with Gasteiger partial charge in [0.15, 0.2) is 0 Å². The van der Waals surface area contributed by atoms with Crippen LogP contribution in [-0.2, 0) is 16.0 Å². The summed E-state index contributed by atoms with van der Waals surface area (Å²) in [5.74, 6) is -0.307. The highest BCUT2D eigenvalue weighted by Gasteiger charge is 2.27. The van der Waals surface area contributed by atoms with E-state index < -0.39 is 0 Å². The maximum Gasteiger partial charge on any atom is 0.241 e. The molecule has 0 spiro atoms. The fourth-order valence-electron chi connectivity index (χ4n) is 3.92. The minimum absolute atomic E-state index is 0.116. The van der Waals surface area contributed by atoms with Crippen LogP contribution in [0.3, 0.4) is 0 Å². The normalized spacial score (nSPS) is 17.2. The van der Waals surface area contributed by atoms with Crippen LogP contribution in [0.2, 0.25) is 0 Å². The van der Waals surface area contributed by atoms with Crippen LogP contribution in [0.4, 0.5) is 15.8 Å². The first kappa shape index (κ1) is 19.5. The van der Waals surface area contributed by atoms with Crippen molar-refractivity contribution in [1.82, 2.24) is 9.80 Å². The number of piperazine rings is 1. The van der Waals surface area contributed by atoms with Crippen molar-refractivity contribution in [3.63, 3.8) is 0 Å². The Hall–Kier alpha value is -2.77. The molecule has 1 N–H and O–H groups in total. The van der Waals surface area contributed by atoms with E-state index in [1.54, 1.807) is 12.1 Å². The van der Waals surface area contributed by atoms with E-state index in [0.29, 0.717) is 18.8 Å². The molecule has 0 aromatic heterocycles. The van der Waals surface area contributed by atoms with E-state index in [9.17, 15) is 14.0 Å². The van der Waals surface area contributed by atoms with Gasteiger partial charge in [-0.2, -0.15) is 0 Å². The lowest BCUT2D eigenvalue weighted by molar-refractivity contribution is -0.121. The van der Waals surface area contributed by atoms with E-state index in [0.717, 1.165) is 44.8 Å². The number of anilines is 2. The van der Waals surface area contributed by atoms with Crippen LogP contribution in [0.1, 0.15) is 5.56 Å². The summed E-state index contributed by atoms with van der Waals surface area (Å²) < 4.78 is 12.9. The van der Waals surface area contributed by atoms with Crippen LogP contribution >= 0.6 is 0 Å². The highest BCUT2D eigenvalue weighted by Crippen LogP contribution is 2.27. The molecule has 0 aliphatic carbocycles. The predicted octanol–water partition coefficient (Wildman–Crippen LogP) is 1.97. The molecule has 2 aromatic carbocycles. The van der Waals surface area contributed by atoms with Gasteiger partial charge in [0.25, 0.3) is 0 Å². The number of amides is 2. The molecule has 7 heteroatoms. The van der Waals surface area contributed by atoms with Gasteiger partial charge in [0.05, 0.1) is 13.1 Å². The van der Waals surface area contributed by atoms with E-state index in [-0.39, 0.29) is 17.6 Å². The number of fused-ring (bicyclic) bond motifs is 1. The Morgan fingerprint density at radius 1 is 0.862 bits per heavy atom. The van der Waals surface area contributed by atoms with Gasteiger partial charge in [0.1, 0.15) is 5.82 Å². The lowest BCUT2D eigenvalue weighted by Crippen LogP contribution is -2.51. The number of carbonyl (C=O) groups excluding carboxylic acids is 2. The fourth-order valence-corrected chi connectivity index (χ4v) is 3.92. The summed E-state index contributed by atoms with van der Waals surface area (Å²) >= 11 is 0. The van der Waals surface area contributed by atoms with Gasteiger partial charge in [-0.25, -0.2) is 4.39 Å². The van der Waals surface area contributed by atoms with Crippen molar-refractivity contribution < 1.29 is 14.0 Å². The SMILES string of the molecule is O=C(CN1CCN(CC(=O)N2CCc3ccccc32)CC1)Nc1ccc(F)cc1. The first-order valence-corrected chi connectivity index (χ1v) is 9.97. The molecule has 152 valence electrons. The van der Waals surface area contributed by atoms with Gasteiger partial charge in [-0.15, -0.1) is 0 Å². The Morgan fingerprint density at radius 3 is 2.24 bits per heavy atom. The number of rotatable bonds is 5. The Balaban J connectivity index is 1.22. The number of para-hydroxylation sites is 1. The number of hydrogen-bond donors (Lipinski definition) is 1. The van der Waals surface area contributed by atoms with Gasteiger partial charge in [-0.05, 0) is 42.3 Å². The maximum atomic E-state index is 12.9. The average Bonchev–Trinajstić information content (AvgIpc) is 3.15. The zero-order valence-corrected chi connectivity index (χ0v) is 16.3. The Labute approximate surface area is 169 Å². The van der Waals surface area contributed by atoms with Crippen LogP contribution in [0.5, 0.6) is 0 Å². The molecule has 1 fully saturated rings. The van der Waals surface area contributed by atoms with E-state index in [2.05, 4.69) is 21.2 Å². The first-order valence-electron chi connectivity index (χ1n) is 9.97. The second-order valence-electron chi connectivity index (χ2n) is 7.53. The third-order valence-electron chi connectivity index (χ3n) is 5.51. The quantitative estimate of drug-likeness (QED) is 0.840. The summed E-state index contributed by atoms with van der Waals surface area (Å²) in [4.78, 5) is 31.0. The molecular formula is C22H25FN4O2. The molecule has 2 aromatic rings.